The first-order valence-electron chi connectivity index (χ1n) is 5.71. The third-order valence-corrected chi connectivity index (χ3v) is 2.59. The summed E-state index contributed by atoms with van der Waals surface area (Å²) in [5, 5.41) is 9.14. The molecule has 1 aliphatic rings. The molecule has 4 nitrogen and oxygen atoms in total. The second-order valence-electron chi connectivity index (χ2n) is 4.56. The van der Waals surface area contributed by atoms with Gasteiger partial charge in [-0.15, -0.1) is 0 Å². The lowest BCUT2D eigenvalue weighted by molar-refractivity contribution is 0.0690. The Balaban J connectivity index is 2.43. The van der Waals surface area contributed by atoms with Gasteiger partial charge in [-0.05, 0) is 32.9 Å². The van der Waals surface area contributed by atoms with Gasteiger partial charge < -0.3 is 14.6 Å². The molecule has 1 heterocycles. The average Bonchev–Trinajstić information content (AvgIpc) is 2.54. The van der Waals surface area contributed by atoms with E-state index in [4.69, 9.17) is 14.6 Å². The highest BCUT2D eigenvalue weighted by atomic mass is 16.5. The first-order valence-corrected chi connectivity index (χ1v) is 5.71. The Bertz CT molecular complexity index is 451. The van der Waals surface area contributed by atoms with Crippen molar-refractivity contribution in [2.24, 2.45) is 0 Å². The highest BCUT2D eigenvalue weighted by molar-refractivity contribution is 5.91. The van der Waals surface area contributed by atoms with E-state index in [1.165, 1.54) is 0 Å². The van der Waals surface area contributed by atoms with E-state index in [-0.39, 0.29) is 17.8 Å². The maximum absolute atomic E-state index is 11.1. The molecule has 4 heteroatoms. The first-order chi connectivity index (χ1) is 7.97. The van der Waals surface area contributed by atoms with Gasteiger partial charge in [-0.3, -0.25) is 0 Å². The zero-order valence-corrected chi connectivity index (χ0v) is 10.2. The van der Waals surface area contributed by atoms with Crippen LogP contribution in [-0.2, 0) is 6.42 Å². The Morgan fingerprint density at radius 1 is 1.53 bits per heavy atom. The van der Waals surface area contributed by atoms with Gasteiger partial charge in [0, 0.05) is 12.0 Å². The smallest absolute Gasteiger partial charge is 0.339 e. The number of hydrogen-bond donors (Lipinski definition) is 1. The number of carbonyl (C=O) groups is 1. The third kappa shape index (κ3) is 2.35. The van der Waals surface area contributed by atoms with Crippen LogP contribution in [0.2, 0.25) is 0 Å². The van der Waals surface area contributed by atoms with Crippen LogP contribution in [0.4, 0.5) is 0 Å². The van der Waals surface area contributed by atoms with Crippen molar-refractivity contribution in [1.29, 1.82) is 0 Å². The second-order valence-corrected chi connectivity index (χ2v) is 4.56. The number of carboxylic acids is 1. The normalized spacial score (nSPS) is 17.8. The van der Waals surface area contributed by atoms with Gasteiger partial charge in [0.25, 0.3) is 0 Å². The fourth-order valence-corrected chi connectivity index (χ4v) is 1.96. The lowest BCUT2D eigenvalue weighted by Gasteiger charge is -2.13. The molecule has 0 spiro atoms. The molecule has 1 unspecified atom stereocenters. The molecule has 0 aromatic heterocycles. The van der Waals surface area contributed by atoms with E-state index in [0.717, 1.165) is 12.0 Å². The molecule has 0 aliphatic carbocycles. The van der Waals surface area contributed by atoms with Crippen molar-refractivity contribution in [3.05, 3.63) is 23.3 Å². The highest BCUT2D eigenvalue weighted by Crippen LogP contribution is 2.35. The third-order valence-electron chi connectivity index (χ3n) is 2.59. The van der Waals surface area contributed by atoms with E-state index < -0.39 is 5.97 Å². The van der Waals surface area contributed by atoms with E-state index in [2.05, 4.69) is 0 Å². The van der Waals surface area contributed by atoms with Crippen molar-refractivity contribution in [1.82, 2.24) is 0 Å². The zero-order valence-electron chi connectivity index (χ0n) is 10.2. The fourth-order valence-electron chi connectivity index (χ4n) is 1.96. The summed E-state index contributed by atoms with van der Waals surface area (Å²) >= 11 is 0. The van der Waals surface area contributed by atoms with Crippen molar-refractivity contribution >= 4 is 5.97 Å². The Kier molecular flexibility index (Phi) is 2.96. The molecule has 0 saturated carbocycles. The summed E-state index contributed by atoms with van der Waals surface area (Å²) in [6, 6.07) is 3.33. The molecule has 1 aromatic carbocycles. The number of benzene rings is 1. The predicted octanol–water partition coefficient (Wildman–Crippen LogP) is 2.50. The molecular formula is C13H16O4. The summed E-state index contributed by atoms with van der Waals surface area (Å²) in [7, 11) is 0. The van der Waals surface area contributed by atoms with E-state index in [9.17, 15) is 4.79 Å². The minimum atomic E-state index is -0.994. The van der Waals surface area contributed by atoms with E-state index >= 15 is 0 Å². The Hall–Kier alpha value is -1.71. The monoisotopic (exact) mass is 236 g/mol. The van der Waals surface area contributed by atoms with Gasteiger partial charge in [-0.25, -0.2) is 4.79 Å². The summed E-state index contributed by atoms with van der Waals surface area (Å²) in [6.45, 7) is 5.71. The quantitative estimate of drug-likeness (QED) is 0.876. The van der Waals surface area contributed by atoms with Gasteiger partial charge in [-0.2, -0.15) is 0 Å². The summed E-state index contributed by atoms with van der Waals surface area (Å²) in [4.78, 5) is 11.1. The van der Waals surface area contributed by atoms with E-state index in [1.54, 1.807) is 12.1 Å². The van der Waals surface area contributed by atoms with Crippen LogP contribution in [0, 0.1) is 0 Å². The van der Waals surface area contributed by atoms with Crippen LogP contribution in [0.1, 0.15) is 36.7 Å². The lowest BCUT2D eigenvalue weighted by atomic mass is 10.1. The first kappa shape index (κ1) is 11.8. The van der Waals surface area contributed by atoms with Crippen molar-refractivity contribution in [2.45, 2.75) is 39.4 Å². The van der Waals surface area contributed by atoms with Crippen molar-refractivity contribution < 1.29 is 19.4 Å². The van der Waals surface area contributed by atoms with Crippen LogP contribution in [-0.4, -0.2) is 23.3 Å². The number of hydrogen-bond acceptors (Lipinski definition) is 3. The molecule has 0 radical (unpaired) electrons. The van der Waals surface area contributed by atoms with Crippen molar-refractivity contribution in [2.75, 3.05) is 0 Å². The fraction of sp³-hybridized carbons (Fsp3) is 0.462. The van der Waals surface area contributed by atoms with Gasteiger partial charge >= 0.3 is 5.97 Å². The average molecular weight is 236 g/mol. The number of aromatic carboxylic acids is 1. The Morgan fingerprint density at radius 2 is 2.24 bits per heavy atom. The molecule has 1 aliphatic heterocycles. The van der Waals surface area contributed by atoms with Gasteiger partial charge in [0.15, 0.2) is 0 Å². The van der Waals surface area contributed by atoms with Crippen molar-refractivity contribution in [3.63, 3.8) is 0 Å². The Labute approximate surface area is 100 Å². The van der Waals surface area contributed by atoms with E-state index in [0.29, 0.717) is 11.5 Å². The lowest BCUT2D eigenvalue weighted by Crippen LogP contribution is -2.10. The van der Waals surface area contributed by atoms with Crippen LogP contribution in [0.15, 0.2) is 12.1 Å². The van der Waals surface area contributed by atoms with Crippen LogP contribution in [0.5, 0.6) is 11.5 Å². The largest absolute Gasteiger partial charge is 0.490 e. The molecule has 17 heavy (non-hydrogen) atoms. The summed E-state index contributed by atoms with van der Waals surface area (Å²) in [6.07, 6.45) is 0.843. The highest BCUT2D eigenvalue weighted by Gasteiger charge is 2.24. The number of rotatable bonds is 3. The molecule has 0 fully saturated rings. The topological polar surface area (TPSA) is 55.8 Å². The molecular weight excluding hydrogens is 220 g/mol. The minimum absolute atomic E-state index is 0.0501. The Morgan fingerprint density at radius 3 is 2.82 bits per heavy atom. The van der Waals surface area contributed by atoms with Crippen LogP contribution in [0.25, 0.3) is 0 Å². The molecule has 0 saturated heterocycles. The van der Waals surface area contributed by atoms with Gasteiger partial charge in [0.05, 0.1) is 6.10 Å². The zero-order chi connectivity index (χ0) is 12.6. The molecule has 92 valence electrons. The molecule has 1 N–H and O–H groups in total. The van der Waals surface area contributed by atoms with Crippen LogP contribution >= 0.6 is 0 Å². The molecule has 0 bridgehead atoms. The maximum atomic E-state index is 11.1. The summed E-state index contributed by atoms with van der Waals surface area (Å²) in [5.74, 6) is 0.0848. The van der Waals surface area contributed by atoms with Gasteiger partial charge in [0.1, 0.15) is 23.2 Å². The molecule has 1 aromatic rings. The van der Waals surface area contributed by atoms with Crippen LogP contribution in [0.3, 0.4) is 0 Å². The van der Waals surface area contributed by atoms with Gasteiger partial charge in [0.2, 0.25) is 0 Å². The molecule has 0 amide bonds. The number of ether oxygens (including phenoxy) is 2. The predicted molar refractivity (Wildman–Crippen MR) is 63.0 cm³/mol. The summed E-state index contributed by atoms with van der Waals surface area (Å²) in [5.41, 5.74) is 1.17. The van der Waals surface area contributed by atoms with E-state index in [1.807, 2.05) is 20.8 Å². The second kappa shape index (κ2) is 4.28. The number of carboxylic acid groups (broad SMARTS) is 1. The molecule has 2 rings (SSSR count). The standard InChI is InChI=1S/C13H16O4/c1-7(2)16-12-5-9-4-8(3)17-11(9)6-10(12)13(14)15/h5-8H,4H2,1-3H3,(H,14,15). The minimum Gasteiger partial charge on any atom is -0.490 e. The molecule has 1 atom stereocenters. The van der Waals surface area contributed by atoms with Gasteiger partial charge in [-0.1, -0.05) is 0 Å². The number of fused-ring (bicyclic) bond motifs is 1. The maximum Gasteiger partial charge on any atom is 0.339 e. The SMILES string of the molecule is CC(C)Oc1cc2c(cc1C(=O)O)OC(C)C2. The summed E-state index contributed by atoms with van der Waals surface area (Å²) < 4.78 is 11.1. The van der Waals surface area contributed by atoms with Crippen LogP contribution < -0.4 is 9.47 Å². The van der Waals surface area contributed by atoms with Crippen molar-refractivity contribution in [3.8, 4) is 11.5 Å².